The molecule has 9 aromatic rings. The second-order valence-corrected chi connectivity index (χ2v) is 24.3. The fourth-order valence-corrected chi connectivity index (χ4v) is 10.9. The maximum Gasteiger partial charge on any atom is 0.0798 e. The van der Waals surface area contributed by atoms with Crippen LogP contribution in [0.3, 0.4) is 0 Å². The predicted octanol–water partition coefficient (Wildman–Crippen LogP) is 15.6. The number of benzene rings is 6. The molecule has 0 atom stereocenters. The Balaban J connectivity index is 0.000000239. The minimum Gasteiger partial charge on any atom is -0.333 e. The Morgan fingerprint density at radius 1 is 0.651 bits per heavy atom. The maximum atomic E-state index is 5.30. The van der Waals surface area contributed by atoms with Crippen LogP contribution in [0.5, 0.6) is 0 Å². The number of rotatable bonds is 10. The van der Waals surface area contributed by atoms with Crippen molar-refractivity contribution in [3.05, 3.63) is 180 Å². The summed E-state index contributed by atoms with van der Waals surface area (Å²) in [7, 11) is -1.34. The van der Waals surface area contributed by atoms with Crippen LogP contribution in [0.4, 0.5) is 0 Å². The summed E-state index contributed by atoms with van der Waals surface area (Å²) in [5.74, 6) is 2.26. The first-order valence-corrected chi connectivity index (χ1v) is 26.4. The van der Waals surface area contributed by atoms with Crippen LogP contribution in [0.1, 0.15) is 70.1 Å². The smallest absolute Gasteiger partial charge is 0.0798 e. The first-order chi connectivity index (χ1) is 29.9. The van der Waals surface area contributed by atoms with Gasteiger partial charge in [0, 0.05) is 32.0 Å². The summed E-state index contributed by atoms with van der Waals surface area (Å²) >= 11 is 1.67. The quantitative estimate of drug-likeness (QED) is 0.101. The van der Waals surface area contributed by atoms with E-state index in [0.29, 0.717) is 17.8 Å². The zero-order valence-electron chi connectivity index (χ0n) is 38.0. The normalized spacial score (nSPS) is 11.6. The molecule has 0 aliphatic heterocycles. The van der Waals surface area contributed by atoms with E-state index in [0.717, 1.165) is 40.1 Å². The second-order valence-electron chi connectivity index (χ2n) is 18.4. The number of thiophene rings is 1. The molecule has 0 amide bonds. The van der Waals surface area contributed by atoms with Gasteiger partial charge in [0.05, 0.1) is 24.9 Å². The number of hydrogen-bond donors (Lipinski definition) is 0. The number of hydrogen-bond acceptors (Lipinski definition) is 3. The van der Waals surface area contributed by atoms with Gasteiger partial charge in [0.25, 0.3) is 0 Å². The van der Waals surface area contributed by atoms with Gasteiger partial charge in [0.2, 0.25) is 0 Å². The molecule has 0 bridgehead atoms. The molecule has 0 aliphatic carbocycles. The SMILES string of the molecule is CC(C)Cc1cc(-c2[c-]cccc2)ncc1[Si](C)(C)C.CC(C)c1cc(-c2ccccc2)cc(C(C)C)c1-n1c(-c2[c-]sc3ccc(-c4ccccc4)cc23)nc2ccccc21.[Ir]. The van der Waals surface area contributed by atoms with Crippen LogP contribution in [-0.4, -0.2) is 22.6 Å². The molecule has 0 fully saturated rings. The van der Waals surface area contributed by atoms with Crippen molar-refractivity contribution in [3.8, 4) is 50.6 Å². The number of para-hydroxylation sites is 2. The molecule has 3 nitrogen and oxygen atoms in total. The van der Waals surface area contributed by atoms with Gasteiger partial charge in [-0.3, -0.25) is 16.3 Å². The minimum atomic E-state index is -1.34. The third kappa shape index (κ3) is 9.96. The Labute approximate surface area is 393 Å². The number of imidazole rings is 1. The molecule has 0 saturated carbocycles. The predicted molar refractivity (Wildman–Crippen MR) is 270 cm³/mol. The molecule has 0 N–H and O–H groups in total. The van der Waals surface area contributed by atoms with Gasteiger partial charge in [-0.15, -0.1) is 41.3 Å². The van der Waals surface area contributed by atoms with E-state index in [4.69, 9.17) is 4.98 Å². The molecule has 0 spiro atoms. The zero-order valence-corrected chi connectivity index (χ0v) is 42.2. The van der Waals surface area contributed by atoms with E-state index >= 15 is 0 Å². The van der Waals surface area contributed by atoms with Gasteiger partial charge in [-0.2, -0.15) is 0 Å². The zero-order chi connectivity index (χ0) is 43.5. The third-order valence-corrected chi connectivity index (χ3v) is 14.5. The van der Waals surface area contributed by atoms with Gasteiger partial charge < -0.3 is 9.55 Å². The van der Waals surface area contributed by atoms with Crippen molar-refractivity contribution in [1.82, 2.24) is 14.5 Å². The molecule has 3 aromatic heterocycles. The largest absolute Gasteiger partial charge is 0.333 e. The molecule has 0 saturated heterocycles. The third-order valence-electron chi connectivity index (χ3n) is 11.6. The average molecular weight is 1040 g/mol. The van der Waals surface area contributed by atoms with Crippen molar-refractivity contribution in [2.75, 3.05) is 0 Å². The van der Waals surface area contributed by atoms with E-state index in [9.17, 15) is 0 Å². The summed E-state index contributed by atoms with van der Waals surface area (Å²) in [4.78, 5) is 9.99. The number of fused-ring (bicyclic) bond motifs is 2. The molecule has 6 heteroatoms. The van der Waals surface area contributed by atoms with Crippen LogP contribution in [0, 0.1) is 17.4 Å². The first kappa shape index (κ1) is 45.8. The molecule has 0 aliphatic rings. The topological polar surface area (TPSA) is 30.7 Å². The van der Waals surface area contributed by atoms with Gasteiger partial charge in [-0.1, -0.05) is 179 Å². The van der Waals surface area contributed by atoms with Crippen molar-refractivity contribution < 1.29 is 20.1 Å². The number of pyridine rings is 1. The van der Waals surface area contributed by atoms with Crippen LogP contribution in [0.2, 0.25) is 19.6 Å². The van der Waals surface area contributed by atoms with Crippen molar-refractivity contribution >= 4 is 45.7 Å². The summed E-state index contributed by atoms with van der Waals surface area (Å²) in [5, 5.41) is 6.36. The Bertz CT molecular complexity index is 2910. The monoisotopic (exact) mass is 1040 g/mol. The number of aromatic nitrogens is 3. The molecule has 3 heterocycles. The van der Waals surface area contributed by atoms with E-state index in [2.05, 4.69) is 216 Å². The molecule has 6 aromatic carbocycles. The Hall–Kier alpha value is -5.23. The minimum absolute atomic E-state index is 0. The molecule has 321 valence electrons. The molecule has 63 heavy (non-hydrogen) atoms. The molecular formula is C57H57IrN3SSi-2. The average Bonchev–Trinajstić information content (AvgIpc) is 3.87. The van der Waals surface area contributed by atoms with Gasteiger partial charge >= 0.3 is 0 Å². The fraction of sp³-hybridized carbons (Fsp3) is 0.228. The number of nitrogens with zero attached hydrogens (tertiary/aromatic N) is 3. The summed E-state index contributed by atoms with van der Waals surface area (Å²) in [6.07, 6.45) is 3.24. The summed E-state index contributed by atoms with van der Waals surface area (Å²) < 4.78 is 3.64. The maximum absolute atomic E-state index is 5.30. The standard InChI is InChI=1S/C39H33N2S.C18H24NSi.Ir/c1-25(2)31-22-30(28-15-9-6-10-16-28)23-32(26(3)4)38(31)41-36-18-12-11-17-35(36)40-39(41)34-24-42-37-20-19-29(21-33(34)37)27-13-7-5-8-14-27;1-14(2)11-16-12-17(15-9-7-6-8-10-15)19-13-18(16)20(3,4)5;/h5-23,25-26H,1-4H3;6-9,12-14H,11H2,1-5H3;/q2*-1;. The molecule has 0 unspecified atom stereocenters. The van der Waals surface area contributed by atoms with Gasteiger partial charge in [0.1, 0.15) is 0 Å². The summed E-state index contributed by atoms with van der Waals surface area (Å²) in [5.41, 5.74) is 15.6. The van der Waals surface area contributed by atoms with Gasteiger partial charge in [-0.05, 0) is 92.7 Å². The van der Waals surface area contributed by atoms with E-state index < -0.39 is 8.07 Å². The second kappa shape index (κ2) is 19.7. The summed E-state index contributed by atoms with van der Waals surface area (Å²) in [6.45, 7) is 20.9. The van der Waals surface area contributed by atoms with E-state index in [-0.39, 0.29) is 20.1 Å². The molecular weight excluding hydrogens is 979 g/mol. The fourth-order valence-electron chi connectivity index (χ4n) is 8.47. The van der Waals surface area contributed by atoms with Crippen LogP contribution < -0.4 is 5.19 Å². The van der Waals surface area contributed by atoms with Crippen LogP contribution >= 0.6 is 11.3 Å². The van der Waals surface area contributed by atoms with Crippen LogP contribution in [0.15, 0.2) is 152 Å². The van der Waals surface area contributed by atoms with E-state index in [1.807, 2.05) is 18.2 Å². The molecule has 1 radical (unpaired) electrons. The summed E-state index contributed by atoms with van der Waals surface area (Å²) in [6, 6.07) is 55.0. The van der Waals surface area contributed by atoms with E-state index in [1.54, 1.807) is 11.3 Å². The Kier molecular flexibility index (Phi) is 14.3. The van der Waals surface area contributed by atoms with Crippen LogP contribution in [-0.2, 0) is 26.5 Å². The van der Waals surface area contributed by atoms with Crippen molar-refractivity contribution in [2.24, 2.45) is 5.92 Å². The van der Waals surface area contributed by atoms with Gasteiger partial charge in [0.15, 0.2) is 0 Å². The van der Waals surface area contributed by atoms with Gasteiger partial charge in [-0.25, -0.2) is 0 Å². The first-order valence-electron chi connectivity index (χ1n) is 22.0. The van der Waals surface area contributed by atoms with E-state index in [1.165, 1.54) is 59.9 Å². The van der Waals surface area contributed by atoms with Crippen molar-refractivity contribution in [1.29, 1.82) is 0 Å². The van der Waals surface area contributed by atoms with Crippen molar-refractivity contribution in [3.63, 3.8) is 0 Å². The Morgan fingerprint density at radius 2 is 1.27 bits per heavy atom. The van der Waals surface area contributed by atoms with Crippen LogP contribution in [0.25, 0.3) is 71.7 Å². The molecule has 9 rings (SSSR count). The Morgan fingerprint density at radius 3 is 1.87 bits per heavy atom. The van der Waals surface area contributed by atoms with Crippen molar-refractivity contribution in [2.45, 2.75) is 79.4 Å².